The van der Waals surface area contributed by atoms with E-state index in [9.17, 15) is 8.78 Å². The number of hydrogen-bond donors (Lipinski definition) is 1. The van der Waals surface area contributed by atoms with Gasteiger partial charge in [-0.2, -0.15) is 0 Å². The summed E-state index contributed by atoms with van der Waals surface area (Å²) in [6, 6.07) is 4.94. The number of anilines is 2. The molecule has 0 aliphatic heterocycles. The Hall–Kier alpha value is -1.75. The fourth-order valence-electron chi connectivity index (χ4n) is 1.15. The molecule has 0 radical (unpaired) electrons. The third kappa shape index (κ3) is 2.25. The Balaban J connectivity index is 2.34. The Morgan fingerprint density at radius 3 is 2.44 bits per heavy atom. The first kappa shape index (κ1) is 10.8. The van der Waals surface area contributed by atoms with Gasteiger partial charge in [0.25, 0.3) is 0 Å². The van der Waals surface area contributed by atoms with Gasteiger partial charge in [-0.1, -0.05) is 17.7 Å². The molecule has 82 valence electrons. The molecule has 0 unspecified atom stereocenters. The number of rotatable bonds is 2. The topological polar surface area (TPSA) is 37.8 Å². The van der Waals surface area contributed by atoms with Gasteiger partial charge in [-0.05, 0) is 12.1 Å². The molecule has 0 bridgehead atoms. The lowest BCUT2D eigenvalue weighted by atomic mass is 10.3. The second kappa shape index (κ2) is 4.40. The lowest BCUT2D eigenvalue weighted by Crippen LogP contribution is -1.99. The second-order valence-corrected chi connectivity index (χ2v) is 3.33. The van der Waals surface area contributed by atoms with Crippen LogP contribution in [-0.2, 0) is 0 Å². The number of para-hydroxylation sites is 1. The minimum Gasteiger partial charge on any atom is -0.335 e. The van der Waals surface area contributed by atoms with Crippen LogP contribution in [0.25, 0.3) is 0 Å². The summed E-state index contributed by atoms with van der Waals surface area (Å²) >= 11 is 5.61. The average molecular weight is 242 g/mol. The number of nitrogens with one attached hydrogen (secondary N) is 1. The van der Waals surface area contributed by atoms with Crippen molar-refractivity contribution in [3.63, 3.8) is 0 Å². The van der Waals surface area contributed by atoms with Crippen molar-refractivity contribution in [2.45, 2.75) is 0 Å². The quantitative estimate of drug-likeness (QED) is 0.821. The third-order valence-electron chi connectivity index (χ3n) is 1.85. The van der Waals surface area contributed by atoms with Gasteiger partial charge in [-0.3, -0.25) is 0 Å². The van der Waals surface area contributed by atoms with Crippen LogP contribution in [0.1, 0.15) is 0 Å². The average Bonchev–Trinajstić information content (AvgIpc) is 2.24. The summed E-state index contributed by atoms with van der Waals surface area (Å²) in [5.74, 6) is -1.17. The van der Waals surface area contributed by atoms with E-state index < -0.39 is 11.6 Å². The standard InChI is InChI=1S/C10H6ClF2N3/c11-8-4-9(15-5-14-8)16-10-6(12)2-1-3-7(10)13/h1-5H,(H,14,15,16). The maximum absolute atomic E-state index is 13.3. The van der Waals surface area contributed by atoms with Gasteiger partial charge in [0.2, 0.25) is 0 Å². The summed E-state index contributed by atoms with van der Waals surface area (Å²) in [5, 5.41) is 2.68. The van der Waals surface area contributed by atoms with E-state index in [1.807, 2.05) is 0 Å². The zero-order valence-corrected chi connectivity index (χ0v) is 8.67. The maximum atomic E-state index is 13.3. The Morgan fingerprint density at radius 1 is 1.12 bits per heavy atom. The predicted molar refractivity (Wildman–Crippen MR) is 56.7 cm³/mol. The molecule has 0 atom stereocenters. The van der Waals surface area contributed by atoms with Gasteiger partial charge >= 0.3 is 0 Å². The molecule has 1 aromatic heterocycles. The predicted octanol–water partition coefficient (Wildman–Crippen LogP) is 3.15. The van der Waals surface area contributed by atoms with Crippen molar-refractivity contribution >= 4 is 23.1 Å². The zero-order valence-electron chi connectivity index (χ0n) is 7.92. The fraction of sp³-hybridized carbons (Fsp3) is 0. The van der Waals surface area contributed by atoms with Crippen LogP contribution < -0.4 is 5.32 Å². The highest BCUT2D eigenvalue weighted by molar-refractivity contribution is 6.29. The van der Waals surface area contributed by atoms with E-state index in [1.165, 1.54) is 18.5 Å². The van der Waals surface area contributed by atoms with E-state index in [-0.39, 0.29) is 16.7 Å². The van der Waals surface area contributed by atoms with Crippen molar-refractivity contribution in [1.82, 2.24) is 9.97 Å². The van der Waals surface area contributed by atoms with Crippen LogP contribution in [-0.4, -0.2) is 9.97 Å². The highest BCUT2D eigenvalue weighted by Crippen LogP contribution is 2.22. The van der Waals surface area contributed by atoms with Crippen LogP contribution in [0.5, 0.6) is 0 Å². The lowest BCUT2D eigenvalue weighted by Gasteiger charge is -2.07. The summed E-state index contributed by atoms with van der Waals surface area (Å²) < 4.78 is 26.5. The van der Waals surface area contributed by atoms with Crippen LogP contribution in [0, 0.1) is 11.6 Å². The summed E-state index contributed by atoms with van der Waals surface area (Å²) in [7, 11) is 0. The Labute approximate surface area is 95.1 Å². The molecule has 1 N–H and O–H groups in total. The molecule has 0 amide bonds. The third-order valence-corrected chi connectivity index (χ3v) is 2.06. The first-order valence-electron chi connectivity index (χ1n) is 4.35. The van der Waals surface area contributed by atoms with Gasteiger partial charge in [0.05, 0.1) is 0 Å². The van der Waals surface area contributed by atoms with E-state index in [4.69, 9.17) is 11.6 Å². The van der Waals surface area contributed by atoms with E-state index in [1.54, 1.807) is 0 Å². The maximum Gasteiger partial charge on any atom is 0.149 e. The summed E-state index contributed by atoms with van der Waals surface area (Å²) in [5.41, 5.74) is -0.266. The van der Waals surface area contributed by atoms with Crippen molar-refractivity contribution in [2.24, 2.45) is 0 Å². The van der Waals surface area contributed by atoms with Gasteiger partial charge in [0.15, 0.2) is 0 Å². The van der Waals surface area contributed by atoms with Crippen LogP contribution >= 0.6 is 11.6 Å². The van der Waals surface area contributed by atoms with Gasteiger partial charge < -0.3 is 5.32 Å². The lowest BCUT2D eigenvalue weighted by molar-refractivity contribution is 0.590. The molecule has 0 fully saturated rings. The molecule has 3 nitrogen and oxygen atoms in total. The number of benzene rings is 1. The summed E-state index contributed by atoms with van der Waals surface area (Å²) in [6.07, 6.45) is 1.20. The van der Waals surface area contributed by atoms with E-state index in [0.29, 0.717) is 0 Å². The summed E-state index contributed by atoms with van der Waals surface area (Å²) in [6.45, 7) is 0. The van der Waals surface area contributed by atoms with Crippen molar-refractivity contribution < 1.29 is 8.78 Å². The Kier molecular flexibility index (Phi) is 2.96. The fourth-order valence-corrected chi connectivity index (χ4v) is 1.29. The molecule has 1 heterocycles. The number of hydrogen-bond acceptors (Lipinski definition) is 3. The SMILES string of the molecule is Fc1cccc(F)c1Nc1cc(Cl)ncn1. The van der Waals surface area contributed by atoms with E-state index in [0.717, 1.165) is 12.1 Å². The molecule has 16 heavy (non-hydrogen) atoms. The molecule has 0 saturated heterocycles. The van der Waals surface area contributed by atoms with Crippen LogP contribution in [0.15, 0.2) is 30.6 Å². The van der Waals surface area contributed by atoms with Crippen LogP contribution in [0.4, 0.5) is 20.3 Å². The molecular formula is C10H6ClF2N3. The minimum absolute atomic E-state index is 0.189. The van der Waals surface area contributed by atoms with E-state index >= 15 is 0 Å². The van der Waals surface area contributed by atoms with Gasteiger partial charge in [-0.15, -0.1) is 0 Å². The first-order chi connectivity index (χ1) is 7.66. The van der Waals surface area contributed by atoms with E-state index in [2.05, 4.69) is 15.3 Å². The molecular weight excluding hydrogens is 236 g/mol. The Bertz CT molecular complexity index is 499. The van der Waals surface area contributed by atoms with Crippen molar-refractivity contribution in [2.75, 3.05) is 5.32 Å². The minimum atomic E-state index is -0.699. The number of nitrogens with zero attached hydrogens (tertiary/aromatic N) is 2. The highest BCUT2D eigenvalue weighted by Gasteiger charge is 2.08. The normalized spacial score (nSPS) is 10.2. The number of halogens is 3. The summed E-state index contributed by atoms with van der Waals surface area (Å²) in [4.78, 5) is 7.43. The Morgan fingerprint density at radius 2 is 1.81 bits per heavy atom. The van der Waals surface area contributed by atoms with Crippen molar-refractivity contribution in [1.29, 1.82) is 0 Å². The molecule has 6 heteroatoms. The highest BCUT2D eigenvalue weighted by atomic mass is 35.5. The zero-order chi connectivity index (χ0) is 11.5. The molecule has 0 aliphatic rings. The molecule has 2 aromatic rings. The van der Waals surface area contributed by atoms with Crippen molar-refractivity contribution in [3.8, 4) is 0 Å². The first-order valence-corrected chi connectivity index (χ1v) is 4.73. The monoisotopic (exact) mass is 241 g/mol. The molecule has 0 aliphatic carbocycles. The van der Waals surface area contributed by atoms with Gasteiger partial charge in [0.1, 0.15) is 34.6 Å². The molecule has 1 aromatic carbocycles. The molecule has 0 saturated carbocycles. The molecule has 2 rings (SSSR count). The number of aromatic nitrogens is 2. The van der Waals surface area contributed by atoms with Gasteiger partial charge in [0, 0.05) is 6.07 Å². The second-order valence-electron chi connectivity index (χ2n) is 2.95. The molecule has 0 spiro atoms. The van der Waals surface area contributed by atoms with Crippen LogP contribution in [0.2, 0.25) is 5.15 Å². The van der Waals surface area contributed by atoms with Gasteiger partial charge in [-0.25, -0.2) is 18.7 Å². The smallest absolute Gasteiger partial charge is 0.149 e. The van der Waals surface area contributed by atoms with Crippen molar-refractivity contribution in [3.05, 3.63) is 47.4 Å². The largest absolute Gasteiger partial charge is 0.335 e. The van der Waals surface area contributed by atoms with Crippen LogP contribution in [0.3, 0.4) is 0 Å².